The van der Waals surface area contributed by atoms with E-state index in [1.165, 1.54) is 18.2 Å². The van der Waals surface area contributed by atoms with Gasteiger partial charge in [-0.1, -0.05) is 11.6 Å². The maximum Gasteiger partial charge on any atom is 0.411 e. The summed E-state index contributed by atoms with van der Waals surface area (Å²) in [7, 11) is 0. The van der Waals surface area contributed by atoms with Crippen molar-refractivity contribution < 1.29 is 18.0 Å². The zero-order valence-electron chi connectivity index (χ0n) is 9.14. The average molecular weight is 279 g/mol. The molecule has 1 aromatic carbocycles. The van der Waals surface area contributed by atoms with Gasteiger partial charge in [-0.15, -0.1) is 0 Å². The molecule has 0 saturated heterocycles. The molecule has 0 atom stereocenters. The Morgan fingerprint density at radius 1 is 1.39 bits per heavy atom. The summed E-state index contributed by atoms with van der Waals surface area (Å²) >= 11 is 5.65. The highest BCUT2D eigenvalue weighted by Gasteiger charge is 2.64. The molecule has 1 aliphatic rings. The number of anilines is 1. The zero-order valence-corrected chi connectivity index (χ0v) is 9.90. The molecule has 3 nitrogen and oxygen atoms in total. The molecule has 0 unspecified atom stereocenters. The van der Waals surface area contributed by atoms with Gasteiger partial charge in [0.05, 0.1) is 5.56 Å². The van der Waals surface area contributed by atoms with Gasteiger partial charge in [-0.3, -0.25) is 4.79 Å². The number of hydrogen-bond acceptors (Lipinski definition) is 2. The number of amides is 1. The number of carbonyl (C=O) groups is 1. The summed E-state index contributed by atoms with van der Waals surface area (Å²) in [5, 5.41) is 2.32. The topological polar surface area (TPSA) is 55.1 Å². The minimum Gasteiger partial charge on any atom is -0.398 e. The molecule has 3 N–H and O–H groups in total. The van der Waals surface area contributed by atoms with Gasteiger partial charge in [0, 0.05) is 10.7 Å². The Hall–Kier alpha value is -1.43. The Morgan fingerprint density at radius 2 is 2.00 bits per heavy atom. The van der Waals surface area contributed by atoms with Crippen molar-refractivity contribution in [1.82, 2.24) is 5.32 Å². The highest BCUT2D eigenvalue weighted by molar-refractivity contribution is 6.31. The number of nitrogens with two attached hydrogens (primary N) is 1. The number of benzene rings is 1. The van der Waals surface area contributed by atoms with E-state index in [1.807, 2.05) is 5.32 Å². The van der Waals surface area contributed by atoms with Crippen LogP contribution < -0.4 is 11.1 Å². The van der Waals surface area contributed by atoms with Crippen molar-refractivity contribution >= 4 is 23.2 Å². The molecule has 1 aromatic rings. The van der Waals surface area contributed by atoms with Crippen LogP contribution in [0.25, 0.3) is 0 Å². The molecular weight excluding hydrogens is 269 g/mol. The molecule has 1 saturated carbocycles. The molecule has 0 aromatic heterocycles. The number of halogens is 4. The van der Waals surface area contributed by atoms with Crippen LogP contribution in [0.2, 0.25) is 5.02 Å². The summed E-state index contributed by atoms with van der Waals surface area (Å²) < 4.78 is 38.0. The molecule has 1 fully saturated rings. The molecule has 7 heteroatoms. The number of alkyl halides is 3. The fourth-order valence-electron chi connectivity index (χ4n) is 1.63. The molecular formula is C11H10ClF3N2O. The summed E-state index contributed by atoms with van der Waals surface area (Å²) in [5.74, 6) is -0.834. The fourth-order valence-corrected chi connectivity index (χ4v) is 1.81. The Labute approximate surface area is 106 Å². The van der Waals surface area contributed by atoms with E-state index in [4.69, 9.17) is 17.3 Å². The Balaban J connectivity index is 2.19. The van der Waals surface area contributed by atoms with Crippen molar-refractivity contribution in [2.24, 2.45) is 0 Å². The van der Waals surface area contributed by atoms with E-state index >= 15 is 0 Å². The van der Waals surface area contributed by atoms with Crippen LogP contribution in [0.5, 0.6) is 0 Å². The molecule has 0 heterocycles. The Bertz CT molecular complexity index is 498. The first-order chi connectivity index (χ1) is 8.25. The van der Waals surface area contributed by atoms with E-state index in [-0.39, 0.29) is 24.1 Å². The molecule has 1 amide bonds. The van der Waals surface area contributed by atoms with Gasteiger partial charge in [-0.2, -0.15) is 13.2 Å². The van der Waals surface area contributed by atoms with Crippen molar-refractivity contribution in [3.05, 3.63) is 28.8 Å². The van der Waals surface area contributed by atoms with E-state index in [1.54, 1.807) is 0 Å². The second kappa shape index (κ2) is 4.05. The van der Waals surface area contributed by atoms with Crippen molar-refractivity contribution in [3.8, 4) is 0 Å². The van der Waals surface area contributed by atoms with Crippen LogP contribution in [0.3, 0.4) is 0 Å². The molecule has 0 aliphatic heterocycles. The van der Waals surface area contributed by atoms with Crippen molar-refractivity contribution in [2.45, 2.75) is 24.6 Å². The number of hydrogen-bond donors (Lipinski definition) is 2. The van der Waals surface area contributed by atoms with Crippen molar-refractivity contribution in [2.75, 3.05) is 5.73 Å². The van der Waals surface area contributed by atoms with Gasteiger partial charge in [-0.25, -0.2) is 0 Å². The number of nitrogen functional groups attached to an aromatic ring is 1. The van der Waals surface area contributed by atoms with Crippen molar-refractivity contribution in [1.29, 1.82) is 0 Å². The van der Waals surface area contributed by atoms with Gasteiger partial charge in [0.25, 0.3) is 5.91 Å². The van der Waals surface area contributed by atoms with Crippen LogP contribution >= 0.6 is 11.6 Å². The highest BCUT2D eigenvalue weighted by Crippen LogP contribution is 2.49. The molecule has 0 spiro atoms. The van der Waals surface area contributed by atoms with E-state index in [9.17, 15) is 18.0 Å². The van der Waals surface area contributed by atoms with E-state index in [0.29, 0.717) is 5.02 Å². The predicted molar refractivity (Wildman–Crippen MR) is 61.4 cm³/mol. The third-order valence-electron chi connectivity index (χ3n) is 2.90. The second-order valence-corrected chi connectivity index (χ2v) is 4.70. The third kappa shape index (κ3) is 2.25. The molecule has 18 heavy (non-hydrogen) atoms. The molecule has 1 aliphatic carbocycles. The van der Waals surface area contributed by atoms with Crippen LogP contribution in [-0.2, 0) is 0 Å². The number of carbonyl (C=O) groups excluding carboxylic acids is 1. The normalized spacial score (nSPS) is 17.3. The predicted octanol–water partition coefficient (Wildman–Crippen LogP) is 2.75. The molecule has 98 valence electrons. The van der Waals surface area contributed by atoms with Gasteiger partial charge >= 0.3 is 6.18 Å². The summed E-state index contributed by atoms with van der Waals surface area (Å²) in [5.41, 5.74) is 3.51. The lowest BCUT2D eigenvalue weighted by Crippen LogP contribution is -2.48. The first kappa shape index (κ1) is 13.0. The van der Waals surface area contributed by atoms with Crippen LogP contribution in [0.4, 0.5) is 18.9 Å². The standard InChI is InChI=1S/C11H10ClF3N2O/c12-6-1-2-7(8(16)5-6)9(18)17-10(3-4-10)11(13,14)15/h1-2,5H,3-4,16H2,(H,17,18). The van der Waals surface area contributed by atoms with Gasteiger partial charge in [0.15, 0.2) is 0 Å². The Morgan fingerprint density at radius 3 is 2.44 bits per heavy atom. The number of rotatable bonds is 2. The summed E-state index contributed by atoms with van der Waals surface area (Å²) in [4.78, 5) is 11.7. The van der Waals surface area contributed by atoms with E-state index in [2.05, 4.69) is 0 Å². The van der Waals surface area contributed by atoms with Crippen LogP contribution in [-0.4, -0.2) is 17.6 Å². The first-order valence-electron chi connectivity index (χ1n) is 5.19. The Kier molecular flexibility index (Phi) is 2.93. The highest BCUT2D eigenvalue weighted by atomic mass is 35.5. The molecule has 0 radical (unpaired) electrons. The van der Waals surface area contributed by atoms with Gasteiger partial charge < -0.3 is 11.1 Å². The third-order valence-corrected chi connectivity index (χ3v) is 3.14. The van der Waals surface area contributed by atoms with E-state index < -0.39 is 17.6 Å². The molecule has 0 bridgehead atoms. The average Bonchev–Trinajstić information content (AvgIpc) is 2.97. The largest absolute Gasteiger partial charge is 0.411 e. The summed E-state index contributed by atoms with van der Waals surface area (Å²) in [6.07, 6.45) is -4.64. The van der Waals surface area contributed by atoms with Crippen molar-refractivity contribution in [3.63, 3.8) is 0 Å². The van der Waals surface area contributed by atoms with Crippen LogP contribution in [0, 0.1) is 0 Å². The minimum atomic E-state index is -4.44. The zero-order chi connectivity index (χ0) is 13.6. The lowest BCUT2D eigenvalue weighted by molar-refractivity contribution is -0.163. The fraction of sp³-hybridized carbons (Fsp3) is 0.364. The van der Waals surface area contributed by atoms with Crippen LogP contribution in [0.15, 0.2) is 18.2 Å². The number of nitrogens with one attached hydrogen (secondary N) is 1. The van der Waals surface area contributed by atoms with Gasteiger partial charge in [-0.05, 0) is 31.0 Å². The summed E-state index contributed by atoms with van der Waals surface area (Å²) in [6, 6.07) is 4.03. The maximum absolute atomic E-state index is 12.7. The van der Waals surface area contributed by atoms with Gasteiger partial charge in [0.1, 0.15) is 5.54 Å². The SMILES string of the molecule is Nc1cc(Cl)ccc1C(=O)NC1(C(F)(F)F)CC1. The summed E-state index contributed by atoms with van der Waals surface area (Å²) in [6.45, 7) is 0. The minimum absolute atomic E-state index is 0.00470. The quantitative estimate of drug-likeness (QED) is 0.817. The lowest BCUT2D eigenvalue weighted by atomic mass is 10.1. The second-order valence-electron chi connectivity index (χ2n) is 4.27. The van der Waals surface area contributed by atoms with E-state index in [0.717, 1.165) is 0 Å². The monoisotopic (exact) mass is 278 g/mol. The molecule has 2 rings (SSSR count). The van der Waals surface area contributed by atoms with Crippen LogP contribution in [0.1, 0.15) is 23.2 Å². The first-order valence-corrected chi connectivity index (χ1v) is 5.57. The van der Waals surface area contributed by atoms with Gasteiger partial charge in [0.2, 0.25) is 0 Å². The maximum atomic E-state index is 12.7. The lowest BCUT2D eigenvalue weighted by Gasteiger charge is -2.21. The smallest absolute Gasteiger partial charge is 0.398 e.